The van der Waals surface area contributed by atoms with Crippen LogP contribution in [0.4, 0.5) is 11.6 Å². The van der Waals surface area contributed by atoms with Gasteiger partial charge in [-0.2, -0.15) is 0 Å². The molecule has 7 nitrogen and oxygen atoms in total. The van der Waals surface area contributed by atoms with Crippen LogP contribution in [0.2, 0.25) is 0 Å². The average molecular weight is 351 g/mol. The Bertz CT molecular complexity index is 845. The van der Waals surface area contributed by atoms with Crippen LogP contribution < -0.4 is 4.90 Å². The fourth-order valence-corrected chi connectivity index (χ4v) is 3.53. The molecular weight excluding hydrogens is 330 g/mol. The zero-order chi connectivity index (χ0) is 18.1. The van der Waals surface area contributed by atoms with E-state index in [1.165, 1.54) is 5.56 Å². The first-order valence-corrected chi connectivity index (χ1v) is 8.87. The molecule has 0 aliphatic carbocycles. The van der Waals surface area contributed by atoms with Gasteiger partial charge in [-0.15, -0.1) is 0 Å². The van der Waals surface area contributed by atoms with Crippen LogP contribution in [0.1, 0.15) is 23.0 Å². The van der Waals surface area contributed by atoms with Crippen LogP contribution in [-0.4, -0.2) is 64.3 Å². The molecule has 2 aromatic rings. The topological polar surface area (TPSA) is 69.6 Å². The molecule has 0 spiro atoms. The highest BCUT2D eigenvalue weighted by Crippen LogP contribution is 2.32. The number of piperazine rings is 1. The van der Waals surface area contributed by atoms with Gasteiger partial charge >= 0.3 is 0 Å². The highest BCUT2D eigenvalue weighted by molar-refractivity contribution is 5.92. The van der Waals surface area contributed by atoms with Gasteiger partial charge in [-0.1, -0.05) is 18.2 Å². The van der Waals surface area contributed by atoms with Gasteiger partial charge in [0.15, 0.2) is 0 Å². The van der Waals surface area contributed by atoms with E-state index in [1.807, 2.05) is 12.1 Å². The molecule has 2 amide bonds. The molecule has 0 N–H and O–H groups in total. The van der Waals surface area contributed by atoms with Gasteiger partial charge in [-0.25, -0.2) is 9.97 Å². The Hall–Kier alpha value is -2.96. The van der Waals surface area contributed by atoms with Gasteiger partial charge in [0.2, 0.25) is 11.9 Å². The number of aromatic nitrogens is 2. The first-order valence-electron chi connectivity index (χ1n) is 8.87. The van der Waals surface area contributed by atoms with E-state index >= 15 is 0 Å². The number of benzene rings is 1. The summed E-state index contributed by atoms with van der Waals surface area (Å²) in [5.74, 6) is 0.502. The molecule has 1 saturated heterocycles. The van der Waals surface area contributed by atoms with Crippen molar-refractivity contribution in [3.8, 4) is 0 Å². The zero-order valence-electron chi connectivity index (χ0n) is 14.8. The molecule has 2 aliphatic heterocycles. The number of rotatable bonds is 2. The predicted octanol–water partition coefficient (Wildman–Crippen LogP) is 1.48. The van der Waals surface area contributed by atoms with Crippen molar-refractivity contribution in [1.82, 2.24) is 19.8 Å². The van der Waals surface area contributed by atoms with E-state index in [4.69, 9.17) is 0 Å². The highest BCUT2D eigenvalue weighted by Gasteiger charge is 2.26. The minimum Gasteiger partial charge on any atom is -0.339 e. The Morgan fingerprint density at radius 3 is 2.46 bits per heavy atom. The largest absolute Gasteiger partial charge is 0.339 e. The molecule has 134 valence electrons. The van der Waals surface area contributed by atoms with Crippen molar-refractivity contribution in [3.05, 3.63) is 47.8 Å². The number of amides is 2. The first kappa shape index (κ1) is 16.5. The summed E-state index contributed by atoms with van der Waals surface area (Å²) in [6.07, 6.45) is 2.59. The molecule has 3 heterocycles. The third kappa shape index (κ3) is 3.00. The summed E-state index contributed by atoms with van der Waals surface area (Å²) in [6, 6.07) is 9.86. The van der Waals surface area contributed by atoms with Crippen LogP contribution in [0.5, 0.6) is 0 Å². The van der Waals surface area contributed by atoms with Gasteiger partial charge in [-0.05, 0) is 24.1 Å². The monoisotopic (exact) mass is 351 g/mol. The van der Waals surface area contributed by atoms with Gasteiger partial charge in [0.05, 0.1) is 0 Å². The molecule has 0 saturated carbocycles. The fraction of sp³-hybridized carbons (Fsp3) is 0.368. The Morgan fingerprint density at radius 2 is 1.69 bits per heavy atom. The van der Waals surface area contributed by atoms with Crippen molar-refractivity contribution in [3.63, 3.8) is 0 Å². The Morgan fingerprint density at radius 1 is 0.962 bits per heavy atom. The summed E-state index contributed by atoms with van der Waals surface area (Å²) in [6.45, 7) is 4.57. The number of carbonyl (C=O) groups excluding carboxylic acids is 2. The molecule has 0 radical (unpaired) electrons. The quantitative estimate of drug-likeness (QED) is 0.820. The van der Waals surface area contributed by atoms with E-state index in [0.29, 0.717) is 37.8 Å². The molecule has 1 aromatic carbocycles. The van der Waals surface area contributed by atoms with Gasteiger partial charge in [0.1, 0.15) is 5.69 Å². The number of anilines is 2. The Labute approximate surface area is 152 Å². The number of para-hydroxylation sites is 1. The molecule has 1 fully saturated rings. The minimum atomic E-state index is -0.107. The van der Waals surface area contributed by atoms with Crippen molar-refractivity contribution >= 4 is 23.5 Å². The molecule has 26 heavy (non-hydrogen) atoms. The van der Waals surface area contributed by atoms with E-state index in [1.54, 1.807) is 29.0 Å². The van der Waals surface area contributed by atoms with Crippen molar-refractivity contribution in [2.24, 2.45) is 0 Å². The molecule has 7 heteroatoms. The lowest BCUT2D eigenvalue weighted by Crippen LogP contribution is -2.50. The maximum absolute atomic E-state index is 12.8. The third-order valence-electron chi connectivity index (χ3n) is 5.00. The minimum absolute atomic E-state index is 0.0501. The number of nitrogens with zero attached hydrogens (tertiary/aromatic N) is 5. The van der Waals surface area contributed by atoms with E-state index in [-0.39, 0.29) is 11.8 Å². The maximum Gasteiger partial charge on any atom is 0.272 e. The number of hydrogen-bond acceptors (Lipinski definition) is 5. The Balaban J connectivity index is 1.52. The summed E-state index contributed by atoms with van der Waals surface area (Å²) in [5.41, 5.74) is 2.77. The second-order valence-electron chi connectivity index (χ2n) is 6.57. The van der Waals surface area contributed by atoms with Crippen molar-refractivity contribution in [2.75, 3.05) is 37.6 Å². The first-order chi connectivity index (χ1) is 12.6. The molecule has 0 atom stereocenters. The van der Waals surface area contributed by atoms with Gasteiger partial charge in [-0.3, -0.25) is 9.59 Å². The van der Waals surface area contributed by atoms with Crippen LogP contribution >= 0.6 is 0 Å². The fourth-order valence-electron chi connectivity index (χ4n) is 3.53. The van der Waals surface area contributed by atoms with E-state index in [0.717, 1.165) is 18.7 Å². The zero-order valence-corrected chi connectivity index (χ0v) is 14.8. The van der Waals surface area contributed by atoms with Crippen LogP contribution in [-0.2, 0) is 11.2 Å². The van der Waals surface area contributed by atoms with Crippen molar-refractivity contribution in [2.45, 2.75) is 13.3 Å². The summed E-state index contributed by atoms with van der Waals surface area (Å²) in [4.78, 5) is 38.7. The van der Waals surface area contributed by atoms with Crippen LogP contribution in [0, 0.1) is 0 Å². The van der Waals surface area contributed by atoms with Crippen LogP contribution in [0.25, 0.3) is 0 Å². The predicted molar refractivity (Wildman–Crippen MR) is 97.3 cm³/mol. The normalized spacial score (nSPS) is 16.6. The Kier molecular flexibility index (Phi) is 4.28. The van der Waals surface area contributed by atoms with Gasteiger partial charge in [0.25, 0.3) is 5.91 Å². The summed E-state index contributed by atoms with van der Waals surface area (Å²) in [5, 5.41) is 0. The van der Waals surface area contributed by atoms with Crippen LogP contribution in [0.15, 0.2) is 36.5 Å². The number of fused-ring (bicyclic) bond motifs is 1. The lowest BCUT2D eigenvalue weighted by atomic mass is 10.2. The van der Waals surface area contributed by atoms with Gasteiger partial charge in [0, 0.05) is 51.5 Å². The van der Waals surface area contributed by atoms with Crippen LogP contribution in [0.3, 0.4) is 0 Å². The molecule has 4 rings (SSSR count). The smallest absolute Gasteiger partial charge is 0.272 e. The summed E-state index contributed by atoms with van der Waals surface area (Å²) < 4.78 is 0. The maximum atomic E-state index is 12.8. The summed E-state index contributed by atoms with van der Waals surface area (Å²) >= 11 is 0. The number of carbonyl (C=O) groups is 2. The number of hydrogen-bond donors (Lipinski definition) is 0. The van der Waals surface area contributed by atoms with E-state index in [2.05, 4.69) is 27.0 Å². The second-order valence-corrected chi connectivity index (χ2v) is 6.57. The van der Waals surface area contributed by atoms with Crippen molar-refractivity contribution in [1.29, 1.82) is 0 Å². The van der Waals surface area contributed by atoms with E-state index < -0.39 is 0 Å². The third-order valence-corrected chi connectivity index (χ3v) is 5.00. The molecule has 0 unspecified atom stereocenters. The average Bonchev–Trinajstić information content (AvgIpc) is 3.12. The second kappa shape index (κ2) is 6.74. The lowest BCUT2D eigenvalue weighted by Gasteiger charge is -2.34. The molecule has 2 aliphatic rings. The molecular formula is C19H21N5O2. The molecule has 0 bridgehead atoms. The SMILES string of the molecule is CC(=O)N1CCN(C(=O)c2ccnc(N3CCc4ccccc43)n2)CC1. The van der Waals surface area contributed by atoms with Gasteiger partial charge < -0.3 is 14.7 Å². The van der Waals surface area contributed by atoms with E-state index in [9.17, 15) is 9.59 Å². The molecule has 1 aromatic heterocycles. The summed E-state index contributed by atoms with van der Waals surface area (Å²) in [7, 11) is 0. The lowest BCUT2D eigenvalue weighted by molar-refractivity contribution is -0.130. The standard InChI is InChI=1S/C19H21N5O2/c1-14(25)22-10-12-23(13-11-22)18(26)16-6-8-20-19(21-16)24-9-7-15-4-2-3-5-17(15)24/h2-6,8H,7,9-13H2,1H3. The van der Waals surface area contributed by atoms with Crippen molar-refractivity contribution < 1.29 is 9.59 Å². The highest BCUT2D eigenvalue weighted by atomic mass is 16.2.